The number of carbonyl (C=O) groups is 1. The van der Waals surface area contributed by atoms with E-state index in [1.165, 1.54) is 0 Å². The van der Waals surface area contributed by atoms with Crippen molar-refractivity contribution in [2.75, 3.05) is 0 Å². The minimum Gasteiger partial charge on any atom is -0.479 e. The zero-order chi connectivity index (χ0) is 9.14. The third kappa shape index (κ3) is 2.19. The highest BCUT2D eigenvalue weighted by Gasteiger charge is 2.30. The zero-order valence-electron chi connectivity index (χ0n) is 7.19. The fourth-order valence-corrected chi connectivity index (χ4v) is 1.28. The van der Waals surface area contributed by atoms with Gasteiger partial charge in [-0.3, -0.25) is 0 Å². The summed E-state index contributed by atoms with van der Waals surface area (Å²) in [6, 6.07) is 0.210. The largest absolute Gasteiger partial charge is 0.479 e. The van der Waals surface area contributed by atoms with Crippen LogP contribution in [0.2, 0.25) is 0 Å². The highest BCUT2D eigenvalue weighted by atomic mass is 16.5. The maximum absolute atomic E-state index is 10.5. The first-order valence-corrected chi connectivity index (χ1v) is 4.27. The van der Waals surface area contributed by atoms with Gasteiger partial charge in [-0.2, -0.15) is 0 Å². The molecule has 1 aliphatic carbocycles. The van der Waals surface area contributed by atoms with Crippen LogP contribution >= 0.6 is 0 Å². The van der Waals surface area contributed by atoms with Crippen molar-refractivity contribution in [3.63, 3.8) is 0 Å². The van der Waals surface area contributed by atoms with Crippen LogP contribution < -0.4 is 5.73 Å². The third-order valence-electron chi connectivity index (χ3n) is 2.13. The molecular weight excluding hydrogens is 158 g/mol. The van der Waals surface area contributed by atoms with Crippen LogP contribution in [-0.4, -0.2) is 29.3 Å². The third-order valence-corrected chi connectivity index (χ3v) is 2.13. The summed E-state index contributed by atoms with van der Waals surface area (Å²) in [4.78, 5) is 10.5. The lowest BCUT2D eigenvalue weighted by atomic mass is 9.90. The predicted octanol–water partition coefficient (Wildman–Crippen LogP) is 0.356. The number of hydrogen-bond donors (Lipinski definition) is 2. The molecule has 1 aliphatic rings. The Morgan fingerprint density at radius 2 is 2.33 bits per heavy atom. The zero-order valence-corrected chi connectivity index (χ0v) is 7.19. The Balaban J connectivity index is 2.24. The molecule has 0 heterocycles. The molecule has 1 fully saturated rings. The Bertz CT molecular complexity index is 166. The molecule has 0 radical (unpaired) electrons. The molecule has 1 saturated carbocycles. The fraction of sp³-hybridized carbons (Fsp3) is 0.875. The van der Waals surface area contributed by atoms with Gasteiger partial charge in [-0.15, -0.1) is 0 Å². The number of carboxylic acids is 1. The van der Waals surface area contributed by atoms with E-state index in [0.717, 1.165) is 12.8 Å². The molecule has 0 aromatic carbocycles. The van der Waals surface area contributed by atoms with Crippen LogP contribution in [-0.2, 0) is 9.53 Å². The molecule has 4 heteroatoms. The molecule has 0 aliphatic heterocycles. The second kappa shape index (κ2) is 3.87. The number of aliphatic carboxylic acids is 1. The molecule has 4 nitrogen and oxygen atoms in total. The SMILES string of the molecule is CCC(OC1CC(N)C1)C(=O)O. The summed E-state index contributed by atoms with van der Waals surface area (Å²) >= 11 is 0. The molecular formula is C8H15NO3. The van der Waals surface area contributed by atoms with Crippen LogP contribution in [0.15, 0.2) is 0 Å². The van der Waals surface area contributed by atoms with Gasteiger partial charge in [0.05, 0.1) is 6.10 Å². The maximum Gasteiger partial charge on any atom is 0.332 e. The van der Waals surface area contributed by atoms with E-state index in [1.807, 2.05) is 0 Å². The average molecular weight is 173 g/mol. The smallest absolute Gasteiger partial charge is 0.332 e. The van der Waals surface area contributed by atoms with E-state index in [4.69, 9.17) is 15.6 Å². The van der Waals surface area contributed by atoms with Gasteiger partial charge in [-0.1, -0.05) is 6.92 Å². The van der Waals surface area contributed by atoms with Crippen molar-refractivity contribution in [1.82, 2.24) is 0 Å². The molecule has 1 rings (SSSR count). The lowest BCUT2D eigenvalue weighted by Crippen LogP contribution is -2.44. The number of hydrogen-bond acceptors (Lipinski definition) is 3. The van der Waals surface area contributed by atoms with Crippen molar-refractivity contribution >= 4 is 5.97 Å². The first-order chi connectivity index (χ1) is 5.63. The first-order valence-electron chi connectivity index (χ1n) is 4.27. The van der Waals surface area contributed by atoms with Crippen molar-refractivity contribution in [3.8, 4) is 0 Å². The van der Waals surface area contributed by atoms with E-state index in [-0.39, 0.29) is 12.1 Å². The quantitative estimate of drug-likeness (QED) is 0.643. The van der Waals surface area contributed by atoms with Crippen LogP contribution in [0.25, 0.3) is 0 Å². The first kappa shape index (κ1) is 9.48. The second-order valence-corrected chi connectivity index (χ2v) is 3.22. The molecule has 0 spiro atoms. The Labute approximate surface area is 71.7 Å². The molecule has 1 unspecified atom stereocenters. The van der Waals surface area contributed by atoms with Gasteiger partial charge < -0.3 is 15.6 Å². The number of carboxylic acid groups (broad SMARTS) is 1. The predicted molar refractivity (Wildman–Crippen MR) is 43.8 cm³/mol. The number of ether oxygens (including phenoxy) is 1. The van der Waals surface area contributed by atoms with Crippen molar-refractivity contribution in [3.05, 3.63) is 0 Å². The average Bonchev–Trinajstić information content (AvgIpc) is 1.95. The molecule has 12 heavy (non-hydrogen) atoms. The fourth-order valence-electron chi connectivity index (χ4n) is 1.28. The standard InChI is InChI=1S/C8H15NO3/c1-2-7(8(10)11)12-6-3-5(9)4-6/h5-7H,2-4,9H2,1H3,(H,10,11). The summed E-state index contributed by atoms with van der Waals surface area (Å²) in [6.45, 7) is 1.80. The van der Waals surface area contributed by atoms with Crippen LogP contribution in [0.3, 0.4) is 0 Å². The molecule has 70 valence electrons. The summed E-state index contributed by atoms with van der Waals surface area (Å²) in [5.74, 6) is -0.877. The summed E-state index contributed by atoms with van der Waals surface area (Å²) in [6.07, 6.45) is 1.53. The molecule has 0 aromatic heterocycles. The maximum atomic E-state index is 10.5. The molecule has 1 atom stereocenters. The van der Waals surface area contributed by atoms with E-state index < -0.39 is 12.1 Å². The number of nitrogens with two attached hydrogens (primary N) is 1. The van der Waals surface area contributed by atoms with Gasteiger partial charge in [0, 0.05) is 6.04 Å². The molecule has 0 bridgehead atoms. The summed E-state index contributed by atoms with van der Waals surface area (Å²) in [5.41, 5.74) is 5.53. The molecule has 0 aromatic rings. The van der Waals surface area contributed by atoms with Crippen molar-refractivity contribution in [1.29, 1.82) is 0 Å². The van der Waals surface area contributed by atoms with E-state index in [2.05, 4.69) is 0 Å². The Hall–Kier alpha value is -0.610. The molecule has 3 N–H and O–H groups in total. The Kier molecular flexibility index (Phi) is 3.05. The molecule has 0 amide bonds. The normalized spacial score (nSPS) is 30.8. The second-order valence-electron chi connectivity index (χ2n) is 3.22. The monoisotopic (exact) mass is 173 g/mol. The summed E-state index contributed by atoms with van der Waals surface area (Å²) in [5, 5.41) is 8.65. The van der Waals surface area contributed by atoms with Crippen LogP contribution in [0.1, 0.15) is 26.2 Å². The lowest BCUT2D eigenvalue weighted by Gasteiger charge is -2.33. The Morgan fingerprint density at radius 3 is 2.67 bits per heavy atom. The lowest BCUT2D eigenvalue weighted by molar-refractivity contribution is -0.158. The van der Waals surface area contributed by atoms with Crippen molar-refractivity contribution in [2.24, 2.45) is 5.73 Å². The Morgan fingerprint density at radius 1 is 1.75 bits per heavy atom. The van der Waals surface area contributed by atoms with Crippen LogP contribution in [0.5, 0.6) is 0 Å². The topological polar surface area (TPSA) is 72.5 Å². The van der Waals surface area contributed by atoms with E-state index in [9.17, 15) is 4.79 Å². The van der Waals surface area contributed by atoms with E-state index >= 15 is 0 Å². The van der Waals surface area contributed by atoms with Gasteiger partial charge in [0.1, 0.15) is 0 Å². The van der Waals surface area contributed by atoms with E-state index in [0.29, 0.717) is 6.42 Å². The van der Waals surface area contributed by atoms with Gasteiger partial charge in [0.15, 0.2) is 6.10 Å². The summed E-state index contributed by atoms with van der Waals surface area (Å²) < 4.78 is 5.29. The highest BCUT2D eigenvalue weighted by Crippen LogP contribution is 2.23. The minimum absolute atomic E-state index is 0.0704. The highest BCUT2D eigenvalue weighted by molar-refractivity contribution is 5.72. The van der Waals surface area contributed by atoms with Gasteiger partial charge in [0.2, 0.25) is 0 Å². The van der Waals surface area contributed by atoms with Crippen molar-refractivity contribution < 1.29 is 14.6 Å². The van der Waals surface area contributed by atoms with Gasteiger partial charge in [-0.25, -0.2) is 4.79 Å². The van der Waals surface area contributed by atoms with E-state index in [1.54, 1.807) is 6.92 Å². The molecule has 0 saturated heterocycles. The van der Waals surface area contributed by atoms with Gasteiger partial charge >= 0.3 is 5.97 Å². The number of rotatable bonds is 4. The van der Waals surface area contributed by atoms with Crippen LogP contribution in [0.4, 0.5) is 0 Å². The van der Waals surface area contributed by atoms with Gasteiger partial charge in [-0.05, 0) is 19.3 Å². The van der Waals surface area contributed by atoms with Crippen molar-refractivity contribution in [2.45, 2.75) is 44.4 Å². The minimum atomic E-state index is -0.877. The van der Waals surface area contributed by atoms with Gasteiger partial charge in [0.25, 0.3) is 0 Å². The summed E-state index contributed by atoms with van der Waals surface area (Å²) in [7, 11) is 0. The van der Waals surface area contributed by atoms with Crippen LogP contribution in [0, 0.1) is 0 Å².